The lowest BCUT2D eigenvalue weighted by atomic mass is 10.2. The first kappa shape index (κ1) is 16.7. The van der Waals surface area contributed by atoms with Gasteiger partial charge in [0.05, 0.1) is 5.56 Å². The lowest BCUT2D eigenvalue weighted by Crippen LogP contribution is -2.38. The van der Waals surface area contributed by atoms with Crippen LogP contribution in [0.1, 0.15) is 25.0 Å². The first-order valence-electron chi connectivity index (χ1n) is 7.43. The molecule has 0 atom stereocenters. The van der Waals surface area contributed by atoms with Crippen molar-refractivity contribution in [2.24, 2.45) is 19.1 Å². The van der Waals surface area contributed by atoms with E-state index in [4.69, 9.17) is 4.74 Å². The lowest BCUT2D eigenvalue weighted by Gasteiger charge is -2.11. The topological polar surface area (TPSA) is 65.6 Å². The average Bonchev–Trinajstić information content (AvgIpc) is 2.55. The Labute approximate surface area is 134 Å². The van der Waals surface area contributed by atoms with Gasteiger partial charge in [-0.3, -0.25) is 13.9 Å². The van der Waals surface area contributed by atoms with Gasteiger partial charge in [-0.05, 0) is 31.0 Å². The van der Waals surface area contributed by atoms with Crippen molar-refractivity contribution in [2.45, 2.75) is 27.2 Å². The fourth-order valence-corrected chi connectivity index (χ4v) is 2.33. The van der Waals surface area contributed by atoms with E-state index >= 15 is 0 Å². The van der Waals surface area contributed by atoms with Gasteiger partial charge in [0, 0.05) is 21.0 Å². The molecule has 0 bridgehead atoms. The minimum Gasteiger partial charge on any atom is -0.443 e. The largest absolute Gasteiger partial charge is 0.443 e. The minimum atomic E-state index is -0.417. The Hall–Kier alpha value is -2.63. The van der Waals surface area contributed by atoms with Crippen LogP contribution in [-0.4, -0.2) is 15.0 Å². The highest BCUT2D eigenvalue weighted by Gasteiger charge is 2.12. The maximum absolute atomic E-state index is 12.0. The summed E-state index contributed by atoms with van der Waals surface area (Å²) < 4.78 is 8.11. The van der Waals surface area contributed by atoms with Gasteiger partial charge in [-0.25, -0.2) is 4.79 Å². The van der Waals surface area contributed by atoms with Gasteiger partial charge in [-0.2, -0.15) is 4.99 Å². The van der Waals surface area contributed by atoms with E-state index in [-0.39, 0.29) is 5.56 Å². The average molecular weight is 315 g/mol. The van der Waals surface area contributed by atoms with Crippen molar-refractivity contribution in [3.63, 3.8) is 0 Å². The number of aryl methyl sites for hydroxylation is 1. The van der Waals surface area contributed by atoms with E-state index in [2.05, 4.69) is 11.9 Å². The quantitative estimate of drug-likeness (QED) is 0.643. The van der Waals surface area contributed by atoms with E-state index in [1.807, 2.05) is 24.3 Å². The molecular weight excluding hydrogens is 294 g/mol. The fraction of sp³-hybridized carbons (Fsp3) is 0.353. The van der Waals surface area contributed by atoms with Crippen molar-refractivity contribution in [3.05, 3.63) is 56.2 Å². The summed E-state index contributed by atoms with van der Waals surface area (Å²) in [5.41, 5.74) is 0.792. The van der Waals surface area contributed by atoms with Crippen molar-refractivity contribution in [2.75, 3.05) is 0 Å². The highest BCUT2D eigenvalue weighted by molar-refractivity contribution is 5.78. The van der Waals surface area contributed by atoms with Gasteiger partial charge in [0.1, 0.15) is 11.6 Å². The van der Waals surface area contributed by atoms with Crippen LogP contribution >= 0.6 is 0 Å². The molecule has 0 aliphatic carbocycles. The monoisotopic (exact) mass is 315 g/mol. The van der Waals surface area contributed by atoms with Crippen LogP contribution in [0.4, 0.5) is 5.82 Å². The molecule has 1 aromatic heterocycles. The number of hydrogen-bond donors (Lipinski definition) is 0. The number of aromatic nitrogens is 2. The predicted molar refractivity (Wildman–Crippen MR) is 90.9 cm³/mol. The second-order valence-corrected chi connectivity index (χ2v) is 5.39. The van der Waals surface area contributed by atoms with E-state index in [1.165, 1.54) is 11.6 Å². The second-order valence-electron chi connectivity index (χ2n) is 5.39. The molecule has 0 fully saturated rings. The Morgan fingerprint density at radius 3 is 2.57 bits per heavy atom. The third-order valence-electron chi connectivity index (χ3n) is 3.69. The summed E-state index contributed by atoms with van der Waals surface area (Å²) in [6, 6.07) is 7.72. The summed E-state index contributed by atoms with van der Waals surface area (Å²) in [5, 5.41) is 0. The summed E-state index contributed by atoms with van der Waals surface area (Å²) in [6.07, 6.45) is 0.912. The molecule has 0 radical (unpaired) electrons. The standard InChI is InChI=1S/C17H21N3O3/c1-6-13-8-7-9-14(10-13)23-12(3)18-15-11(2)16(21)20(5)17(22)19(15)4/h7-10H,6H2,1-5H3/b18-12+. The summed E-state index contributed by atoms with van der Waals surface area (Å²) >= 11 is 0. The molecule has 0 unspecified atom stereocenters. The van der Waals surface area contributed by atoms with Gasteiger partial charge < -0.3 is 4.74 Å². The number of hydrogen-bond acceptors (Lipinski definition) is 4. The number of aliphatic imine (C=N–C) groups is 1. The molecule has 1 heterocycles. The van der Waals surface area contributed by atoms with Crippen LogP contribution in [0.25, 0.3) is 0 Å². The molecular formula is C17H21N3O3. The highest BCUT2D eigenvalue weighted by Crippen LogP contribution is 2.16. The lowest BCUT2D eigenvalue weighted by molar-refractivity contribution is 0.544. The fourth-order valence-electron chi connectivity index (χ4n) is 2.33. The van der Waals surface area contributed by atoms with Gasteiger partial charge in [0.25, 0.3) is 5.56 Å². The van der Waals surface area contributed by atoms with Crippen LogP contribution in [0.15, 0.2) is 38.8 Å². The second kappa shape index (κ2) is 6.64. The number of rotatable bonds is 3. The summed E-state index contributed by atoms with van der Waals surface area (Å²) in [7, 11) is 3.03. The van der Waals surface area contributed by atoms with Crippen LogP contribution in [0.3, 0.4) is 0 Å². The van der Waals surface area contributed by atoms with E-state index in [0.717, 1.165) is 16.6 Å². The van der Waals surface area contributed by atoms with Crippen molar-refractivity contribution < 1.29 is 4.74 Å². The molecule has 23 heavy (non-hydrogen) atoms. The molecule has 0 saturated heterocycles. The third kappa shape index (κ3) is 3.41. The molecule has 2 rings (SSSR count). The van der Waals surface area contributed by atoms with E-state index in [0.29, 0.717) is 23.0 Å². The molecule has 1 aromatic carbocycles. The van der Waals surface area contributed by atoms with Crippen LogP contribution < -0.4 is 16.0 Å². The van der Waals surface area contributed by atoms with Crippen LogP contribution in [0.2, 0.25) is 0 Å². The van der Waals surface area contributed by atoms with Gasteiger partial charge in [0.2, 0.25) is 0 Å². The number of ether oxygens (including phenoxy) is 1. The first-order chi connectivity index (χ1) is 10.8. The van der Waals surface area contributed by atoms with Crippen molar-refractivity contribution in [1.29, 1.82) is 0 Å². The molecule has 122 valence electrons. The SMILES string of the molecule is CCc1cccc(O/C(C)=N/c2c(C)c(=O)n(C)c(=O)n2C)c1. The Morgan fingerprint density at radius 2 is 1.91 bits per heavy atom. The third-order valence-corrected chi connectivity index (χ3v) is 3.69. The first-order valence-corrected chi connectivity index (χ1v) is 7.43. The molecule has 6 nitrogen and oxygen atoms in total. The number of nitrogens with zero attached hydrogens (tertiary/aromatic N) is 3. The van der Waals surface area contributed by atoms with Gasteiger partial charge in [0.15, 0.2) is 5.90 Å². The van der Waals surface area contributed by atoms with Crippen molar-refractivity contribution in [1.82, 2.24) is 9.13 Å². The Kier molecular flexibility index (Phi) is 4.83. The maximum Gasteiger partial charge on any atom is 0.332 e. The summed E-state index contributed by atoms with van der Waals surface area (Å²) in [6.45, 7) is 5.41. The predicted octanol–water partition coefficient (Wildman–Crippen LogP) is 2.08. The van der Waals surface area contributed by atoms with E-state index in [1.54, 1.807) is 20.9 Å². The van der Waals surface area contributed by atoms with Gasteiger partial charge in [-0.15, -0.1) is 0 Å². The van der Waals surface area contributed by atoms with Crippen LogP contribution in [0, 0.1) is 6.92 Å². The molecule has 0 amide bonds. The van der Waals surface area contributed by atoms with E-state index < -0.39 is 5.69 Å². The van der Waals surface area contributed by atoms with Gasteiger partial charge in [-0.1, -0.05) is 19.1 Å². The molecule has 0 saturated carbocycles. The maximum atomic E-state index is 12.0. The Morgan fingerprint density at radius 1 is 1.22 bits per heavy atom. The summed E-state index contributed by atoms with van der Waals surface area (Å²) in [5.74, 6) is 1.35. The normalized spacial score (nSPS) is 11.6. The Bertz CT molecular complexity index is 838. The van der Waals surface area contributed by atoms with Crippen molar-refractivity contribution in [3.8, 4) is 5.75 Å². The van der Waals surface area contributed by atoms with Crippen LogP contribution in [0.5, 0.6) is 5.75 Å². The zero-order valence-corrected chi connectivity index (χ0v) is 14.1. The Balaban J connectivity index is 2.42. The molecule has 2 aromatic rings. The molecule has 0 aliphatic rings. The van der Waals surface area contributed by atoms with Gasteiger partial charge >= 0.3 is 5.69 Å². The number of benzene rings is 1. The highest BCUT2D eigenvalue weighted by atomic mass is 16.5. The van der Waals surface area contributed by atoms with Crippen molar-refractivity contribution >= 4 is 11.7 Å². The zero-order valence-electron chi connectivity index (χ0n) is 14.1. The summed E-state index contributed by atoms with van der Waals surface area (Å²) in [4.78, 5) is 28.3. The van der Waals surface area contributed by atoms with Crippen LogP contribution in [-0.2, 0) is 20.5 Å². The van der Waals surface area contributed by atoms with E-state index in [9.17, 15) is 9.59 Å². The molecule has 6 heteroatoms. The molecule has 0 spiro atoms. The minimum absolute atomic E-state index is 0.308. The molecule has 0 N–H and O–H groups in total. The zero-order chi connectivity index (χ0) is 17.1. The molecule has 0 aliphatic heterocycles. The smallest absolute Gasteiger partial charge is 0.332 e.